The van der Waals surface area contributed by atoms with Crippen molar-refractivity contribution in [2.45, 2.75) is 26.3 Å². The second-order valence-electron chi connectivity index (χ2n) is 4.36. The van der Waals surface area contributed by atoms with Crippen LogP contribution in [-0.4, -0.2) is 25.4 Å². The van der Waals surface area contributed by atoms with Gasteiger partial charge < -0.3 is 16.0 Å². The maximum absolute atomic E-state index is 11.5. The van der Waals surface area contributed by atoms with Crippen molar-refractivity contribution in [3.05, 3.63) is 29.8 Å². The largest absolute Gasteiger partial charge is 0.352 e. The average molecular weight is 263 g/mol. The Morgan fingerprint density at radius 1 is 1.16 bits per heavy atom. The number of carbonyl (C=O) groups excluding carboxylic acids is 2. The van der Waals surface area contributed by atoms with Crippen LogP contribution in [0.2, 0.25) is 0 Å². The second-order valence-corrected chi connectivity index (χ2v) is 4.36. The van der Waals surface area contributed by atoms with E-state index in [9.17, 15) is 9.59 Å². The van der Waals surface area contributed by atoms with Gasteiger partial charge in [0, 0.05) is 25.6 Å². The quantitative estimate of drug-likeness (QED) is 0.649. The third-order valence-electron chi connectivity index (χ3n) is 2.59. The number of nitrogens with one attached hydrogen (secondary N) is 3. The van der Waals surface area contributed by atoms with Crippen LogP contribution in [0, 0.1) is 0 Å². The summed E-state index contributed by atoms with van der Waals surface area (Å²) in [5.41, 5.74) is 1.77. The summed E-state index contributed by atoms with van der Waals surface area (Å²) in [6.07, 6.45) is 1.37. The van der Waals surface area contributed by atoms with Gasteiger partial charge in [-0.05, 0) is 37.7 Å². The molecule has 0 radical (unpaired) electrons. The Hall–Kier alpha value is -1.88. The summed E-state index contributed by atoms with van der Waals surface area (Å²) in [6.45, 7) is 2.83. The summed E-state index contributed by atoms with van der Waals surface area (Å²) >= 11 is 0. The Balaban J connectivity index is 2.33. The van der Waals surface area contributed by atoms with Crippen molar-refractivity contribution in [2.24, 2.45) is 0 Å². The lowest BCUT2D eigenvalue weighted by atomic mass is 10.2. The molecule has 0 saturated heterocycles. The molecule has 0 heterocycles. The standard InChI is InChI=1S/C14H21N3O2/c1-11(18)17-13-7-5-12(6-8-13)10-16-14(19)4-3-9-15-2/h5-8,15H,3-4,9-10H2,1-2H3,(H,16,19)(H,17,18). The van der Waals surface area contributed by atoms with Gasteiger partial charge in [0.2, 0.25) is 11.8 Å². The molecule has 0 fully saturated rings. The minimum atomic E-state index is -0.0920. The highest BCUT2D eigenvalue weighted by molar-refractivity contribution is 5.88. The van der Waals surface area contributed by atoms with E-state index in [1.54, 1.807) is 0 Å². The zero-order valence-corrected chi connectivity index (χ0v) is 11.5. The van der Waals surface area contributed by atoms with Crippen LogP contribution >= 0.6 is 0 Å². The Bertz CT molecular complexity index is 415. The summed E-state index contributed by atoms with van der Waals surface area (Å²) in [5.74, 6) is -0.0354. The summed E-state index contributed by atoms with van der Waals surface area (Å²) in [4.78, 5) is 22.4. The molecule has 19 heavy (non-hydrogen) atoms. The molecule has 0 atom stereocenters. The fraction of sp³-hybridized carbons (Fsp3) is 0.429. The smallest absolute Gasteiger partial charge is 0.221 e. The Kier molecular flexibility index (Phi) is 6.60. The molecule has 0 aliphatic rings. The summed E-state index contributed by atoms with van der Waals surface area (Å²) in [6, 6.07) is 7.42. The number of hydrogen-bond donors (Lipinski definition) is 3. The molecule has 0 saturated carbocycles. The molecule has 0 aromatic heterocycles. The highest BCUT2D eigenvalue weighted by Gasteiger charge is 2.01. The van der Waals surface area contributed by atoms with Gasteiger partial charge in [0.1, 0.15) is 0 Å². The highest BCUT2D eigenvalue weighted by atomic mass is 16.2. The molecule has 104 valence electrons. The first kappa shape index (κ1) is 15.2. The van der Waals surface area contributed by atoms with E-state index in [1.165, 1.54) is 6.92 Å². The topological polar surface area (TPSA) is 70.2 Å². The predicted octanol–water partition coefficient (Wildman–Crippen LogP) is 1.26. The van der Waals surface area contributed by atoms with Crippen molar-refractivity contribution in [1.82, 2.24) is 10.6 Å². The minimum absolute atomic E-state index is 0.0567. The van der Waals surface area contributed by atoms with E-state index in [4.69, 9.17) is 0 Å². The first-order chi connectivity index (χ1) is 9.11. The van der Waals surface area contributed by atoms with Crippen molar-refractivity contribution < 1.29 is 9.59 Å². The first-order valence-corrected chi connectivity index (χ1v) is 6.39. The Labute approximate surface area is 113 Å². The number of carbonyl (C=O) groups is 2. The third kappa shape index (κ3) is 6.57. The summed E-state index contributed by atoms with van der Waals surface area (Å²) in [7, 11) is 1.87. The van der Waals surface area contributed by atoms with Crippen molar-refractivity contribution in [3.8, 4) is 0 Å². The van der Waals surface area contributed by atoms with Crippen LogP contribution in [0.3, 0.4) is 0 Å². The summed E-state index contributed by atoms with van der Waals surface area (Å²) < 4.78 is 0. The maximum Gasteiger partial charge on any atom is 0.221 e. The van der Waals surface area contributed by atoms with E-state index in [2.05, 4.69) is 16.0 Å². The highest BCUT2D eigenvalue weighted by Crippen LogP contribution is 2.09. The molecular weight excluding hydrogens is 242 g/mol. The van der Waals surface area contributed by atoms with Gasteiger partial charge in [0.25, 0.3) is 0 Å². The molecule has 1 aromatic rings. The van der Waals surface area contributed by atoms with E-state index in [0.29, 0.717) is 13.0 Å². The van der Waals surface area contributed by atoms with Crippen LogP contribution in [0.4, 0.5) is 5.69 Å². The number of rotatable bonds is 7. The van der Waals surface area contributed by atoms with Crippen LogP contribution in [0.5, 0.6) is 0 Å². The molecule has 1 rings (SSSR count). The molecule has 3 N–H and O–H groups in total. The zero-order chi connectivity index (χ0) is 14.1. The van der Waals surface area contributed by atoms with Crippen molar-refractivity contribution >= 4 is 17.5 Å². The van der Waals surface area contributed by atoms with Crippen LogP contribution in [0.25, 0.3) is 0 Å². The lowest BCUT2D eigenvalue weighted by Gasteiger charge is -2.07. The number of benzene rings is 1. The Morgan fingerprint density at radius 2 is 1.84 bits per heavy atom. The van der Waals surface area contributed by atoms with Crippen LogP contribution in [-0.2, 0) is 16.1 Å². The molecule has 5 nitrogen and oxygen atoms in total. The molecule has 1 aromatic carbocycles. The average Bonchev–Trinajstić information content (AvgIpc) is 2.37. The van der Waals surface area contributed by atoms with E-state index in [1.807, 2.05) is 31.3 Å². The van der Waals surface area contributed by atoms with Gasteiger partial charge >= 0.3 is 0 Å². The molecule has 0 aliphatic carbocycles. The lowest BCUT2D eigenvalue weighted by molar-refractivity contribution is -0.121. The zero-order valence-electron chi connectivity index (χ0n) is 11.5. The molecule has 0 aliphatic heterocycles. The van der Waals surface area contributed by atoms with E-state index in [-0.39, 0.29) is 11.8 Å². The van der Waals surface area contributed by atoms with Gasteiger partial charge in [-0.2, -0.15) is 0 Å². The molecule has 0 spiro atoms. The van der Waals surface area contributed by atoms with Crippen molar-refractivity contribution in [3.63, 3.8) is 0 Å². The fourth-order valence-electron chi connectivity index (χ4n) is 1.62. The van der Waals surface area contributed by atoms with Gasteiger partial charge in [-0.3, -0.25) is 9.59 Å². The van der Waals surface area contributed by atoms with E-state index in [0.717, 1.165) is 24.2 Å². The van der Waals surface area contributed by atoms with Crippen molar-refractivity contribution in [1.29, 1.82) is 0 Å². The van der Waals surface area contributed by atoms with Gasteiger partial charge in [0.15, 0.2) is 0 Å². The number of hydrogen-bond acceptors (Lipinski definition) is 3. The van der Waals surface area contributed by atoms with E-state index < -0.39 is 0 Å². The maximum atomic E-state index is 11.5. The third-order valence-corrected chi connectivity index (χ3v) is 2.59. The molecular formula is C14H21N3O2. The van der Waals surface area contributed by atoms with Gasteiger partial charge in [-0.25, -0.2) is 0 Å². The normalized spacial score (nSPS) is 10.0. The van der Waals surface area contributed by atoms with Gasteiger partial charge in [-0.15, -0.1) is 0 Å². The SMILES string of the molecule is CNCCCC(=O)NCc1ccc(NC(C)=O)cc1. The second kappa shape index (κ2) is 8.26. The Morgan fingerprint density at radius 3 is 2.42 bits per heavy atom. The van der Waals surface area contributed by atoms with Gasteiger partial charge in [0.05, 0.1) is 0 Å². The van der Waals surface area contributed by atoms with Crippen LogP contribution < -0.4 is 16.0 Å². The van der Waals surface area contributed by atoms with E-state index >= 15 is 0 Å². The lowest BCUT2D eigenvalue weighted by Crippen LogP contribution is -2.23. The monoisotopic (exact) mass is 263 g/mol. The van der Waals surface area contributed by atoms with Crippen LogP contribution in [0.1, 0.15) is 25.3 Å². The number of amides is 2. The molecule has 0 bridgehead atoms. The fourth-order valence-corrected chi connectivity index (χ4v) is 1.62. The molecule has 5 heteroatoms. The number of anilines is 1. The van der Waals surface area contributed by atoms with Crippen molar-refractivity contribution in [2.75, 3.05) is 18.9 Å². The van der Waals surface area contributed by atoms with Gasteiger partial charge in [-0.1, -0.05) is 12.1 Å². The molecule has 0 unspecified atom stereocenters. The van der Waals surface area contributed by atoms with Crippen LogP contribution in [0.15, 0.2) is 24.3 Å². The summed E-state index contributed by atoms with van der Waals surface area (Å²) in [5, 5.41) is 8.57. The first-order valence-electron chi connectivity index (χ1n) is 6.39. The predicted molar refractivity (Wildman–Crippen MR) is 75.8 cm³/mol. The minimum Gasteiger partial charge on any atom is -0.352 e. The molecule has 2 amide bonds.